The van der Waals surface area contributed by atoms with Gasteiger partial charge in [-0.15, -0.1) is 0 Å². The summed E-state index contributed by atoms with van der Waals surface area (Å²) in [5, 5.41) is 3.47. The molecule has 0 saturated carbocycles. The molecule has 2 heteroatoms. The molecule has 0 bridgehead atoms. The average Bonchev–Trinajstić information content (AvgIpc) is 2.39. The first-order valence-electron chi connectivity index (χ1n) is 6.35. The van der Waals surface area contributed by atoms with Crippen molar-refractivity contribution in [2.45, 2.75) is 26.3 Å². The Hall–Kier alpha value is -1.80. The van der Waals surface area contributed by atoms with Crippen LogP contribution in [-0.2, 0) is 6.54 Å². The zero-order chi connectivity index (χ0) is 13.0. The zero-order valence-electron chi connectivity index (χ0n) is 11.0. The zero-order valence-corrected chi connectivity index (χ0v) is 11.0. The molecule has 2 rings (SSSR count). The van der Waals surface area contributed by atoms with Crippen LogP contribution in [0.25, 0.3) is 0 Å². The van der Waals surface area contributed by atoms with E-state index in [0.717, 1.165) is 11.3 Å². The quantitative estimate of drug-likeness (QED) is 0.847. The van der Waals surface area contributed by atoms with Gasteiger partial charge >= 0.3 is 0 Å². The maximum atomic E-state index is 5.66. The van der Waals surface area contributed by atoms with E-state index >= 15 is 0 Å². The Kier molecular flexibility index (Phi) is 4.00. The summed E-state index contributed by atoms with van der Waals surface area (Å²) < 4.78 is 0. The van der Waals surface area contributed by atoms with Crippen LogP contribution in [0.15, 0.2) is 48.5 Å². The van der Waals surface area contributed by atoms with E-state index in [1.54, 1.807) is 0 Å². The molecule has 2 aromatic carbocycles. The number of nitrogens with two attached hydrogens (primary N) is 1. The summed E-state index contributed by atoms with van der Waals surface area (Å²) in [6.07, 6.45) is 0. The van der Waals surface area contributed by atoms with Crippen LogP contribution in [0.5, 0.6) is 0 Å². The fraction of sp³-hybridized carbons (Fsp3) is 0.250. The monoisotopic (exact) mass is 240 g/mol. The minimum absolute atomic E-state index is 0.506. The third-order valence-electron chi connectivity index (χ3n) is 3.02. The van der Waals surface area contributed by atoms with Gasteiger partial charge in [0.1, 0.15) is 0 Å². The summed E-state index contributed by atoms with van der Waals surface area (Å²) >= 11 is 0. The SMILES string of the molecule is CC(C)c1ccccc1Nc1cccc(CN)c1. The van der Waals surface area contributed by atoms with Gasteiger partial charge in [-0.05, 0) is 35.2 Å². The molecule has 0 atom stereocenters. The van der Waals surface area contributed by atoms with Crippen LogP contribution in [0.4, 0.5) is 11.4 Å². The van der Waals surface area contributed by atoms with Gasteiger partial charge in [0, 0.05) is 17.9 Å². The lowest BCUT2D eigenvalue weighted by molar-refractivity contribution is 0.869. The van der Waals surface area contributed by atoms with Gasteiger partial charge in [-0.3, -0.25) is 0 Å². The molecule has 0 aromatic heterocycles. The maximum Gasteiger partial charge on any atom is 0.0419 e. The van der Waals surface area contributed by atoms with E-state index in [1.807, 2.05) is 12.1 Å². The standard InChI is InChI=1S/C16H20N2/c1-12(2)15-8-3-4-9-16(15)18-14-7-5-6-13(10-14)11-17/h3-10,12,18H,11,17H2,1-2H3. The van der Waals surface area contributed by atoms with Crippen molar-refractivity contribution >= 4 is 11.4 Å². The molecular weight excluding hydrogens is 220 g/mol. The van der Waals surface area contributed by atoms with Gasteiger partial charge in [0.05, 0.1) is 0 Å². The van der Waals surface area contributed by atoms with E-state index in [9.17, 15) is 0 Å². The molecule has 3 N–H and O–H groups in total. The fourth-order valence-corrected chi connectivity index (χ4v) is 2.05. The van der Waals surface area contributed by atoms with Crippen molar-refractivity contribution in [3.05, 3.63) is 59.7 Å². The summed E-state index contributed by atoms with van der Waals surface area (Å²) in [7, 11) is 0. The van der Waals surface area contributed by atoms with E-state index in [2.05, 4.69) is 55.6 Å². The van der Waals surface area contributed by atoms with E-state index in [-0.39, 0.29) is 0 Å². The first-order chi connectivity index (χ1) is 8.70. The summed E-state index contributed by atoms with van der Waals surface area (Å²) in [4.78, 5) is 0. The maximum absolute atomic E-state index is 5.66. The first-order valence-corrected chi connectivity index (χ1v) is 6.35. The highest BCUT2D eigenvalue weighted by molar-refractivity contribution is 5.64. The molecule has 0 aliphatic carbocycles. The number of hydrogen-bond acceptors (Lipinski definition) is 2. The molecule has 2 aromatic rings. The van der Waals surface area contributed by atoms with Crippen molar-refractivity contribution in [1.29, 1.82) is 0 Å². The Morgan fingerprint density at radius 3 is 2.56 bits per heavy atom. The first kappa shape index (κ1) is 12.7. The second kappa shape index (κ2) is 5.69. The lowest BCUT2D eigenvalue weighted by Gasteiger charge is -2.15. The van der Waals surface area contributed by atoms with Crippen LogP contribution < -0.4 is 11.1 Å². The highest BCUT2D eigenvalue weighted by Gasteiger charge is 2.05. The minimum atomic E-state index is 0.506. The molecule has 0 heterocycles. The van der Waals surface area contributed by atoms with Crippen molar-refractivity contribution < 1.29 is 0 Å². The van der Waals surface area contributed by atoms with Gasteiger partial charge in [-0.2, -0.15) is 0 Å². The largest absolute Gasteiger partial charge is 0.355 e. The van der Waals surface area contributed by atoms with Gasteiger partial charge in [-0.1, -0.05) is 44.2 Å². The van der Waals surface area contributed by atoms with Crippen LogP contribution >= 0.6 is 0 Å². The number of benzene rings is 2. The third-order valence-corrected chi connectivity index (χ3v) is 3.02. The van der Waals surface area contributed by atoms with E-state index in [1.165, 1.54) is 11.3 Å². The fourth-order valence-electron chi connectivity index (χ4n) is 2.05. The van der Waals surface area contributed by atoms with E-state index in [0.29, 0.717) is 12.5 Å². The molecule has 0 unspecified atom stereocenters. The van der Waals surface area contributed by atoms with Crippen LogP contribution in [0, 0.1) is 0 Å². The molecule has 18 heavy (non-hydrogen) atoms. The van der Waals surface area contributed by atoms with Gasteiger partial charge in [0.2, 0.25) is 0 Å². The average molecular weight is 240 g/mol. The summed E-state index contributed by atoms with van der Waals surface area (Å²) in [6.45, 7) is 4.98. The molecule has 0 radical (unpaired) electrons. The molecule has 0 spiro atoms. The lowest BCUT2D eigenvalue weighted by atomic mass is 10.0. The second-order valence-corrected chi connectivity index (χ2v) is 4.77. The predicted molar refractivity (Wildman–Crippen MR) is 78.1 cm³/mol. The Morgan fingerprint density at radius 2 is 1.83 bits per heavy atom. The summed E-state index contributed by atoms with van der Waals surface area (Å²) in [6, 6.07) is 16.7. The van der Waals surface area contributed by atoms with E-state index < -0.39 is 0 Å². The van der Waals surface area contributed by atoms with Crippen molar-refractivity contribution in [1.82, 2.24) is 0 Å². The Balaban J connectivity index is 2.28. The molecule has 0 aliphatic heterocycles. The van der Waals surface area contributed by atoms with Crippen LogP contribution in [0.3, 0.4) is 0 Å². The molecule has 94 valence electrons. The lowest BCUT2D eigenvalue weighted by Crippen LogP contribution is -2.00. The van der Waals surface area contributed by atoms with Gasteiger partial charge in [0.25, 0.3) is 0 Å². The van der Waals surface area contributed by atoms with Gasteiger partial charge in [-0.25, -0.2) is 0 Å². The molecule has 0 fully saturated rings. The number of anilines is 2. The molecule has 2 nitrogen and oxygen atoms in total. The highest BCUT2D eigenvalue weighted by atomic mass is 14.9. The summed E-state index contributed by atoms with van der Waals surface area (Å²) in [5.74, 6) is 0.506. The smallest absolute Gasteiger partial charge is 0.0419 e. The number of hydrogen-bond donors (Lipinski definition) is 2. The van der Waals surface area contributed by atoms with E-state index in [4.69, 9.17) is 5.73 Å². The van der Waals surface area contributed by atoms with Crippen molar-refractivity contribution in [2.75, 3.05) is 5.32 Å². The molecule has 0 saturated heterocycles. The van der Waals surface area contributed by atoms with Gasteiger partial charge < -0.3 is 11.1 Å². The summed E-state index contributed by atoms with van der Waals surface area (Å²) in [5.41, 5.74) is 10.4. The third kappa shape index (κ3) is 2.90. The number of para-hydroxylation sites is 1. The molecular formula is C16H20N2. The van der Waals surface area contributed by atoms with Crippen molar-refractivity contribution in [3.8, 4) is 0 Å². The molecule has 0 amide bonds. The molecule has 0 aliphatic rings. The topological polar surface area (TPSA) is 38.0 Å². The number of nitrogens with one attached hydrogen (secondary N) is 1. The van der Waals surface area contributed by atoms with Crippen LogP contribution in [0.1, 0.15) is 30.9 Å². The Bertz CT molecular complexity index is 518. The minimum Gasteiger partial charge on any atom is -0.355 e. The number of rotatable bonds is 4. The second-order valence-electron chi connectivity index (χ2n) is 4.77. The van der Waals surface area contributed by atoms with Crippen LogP contribution in [0.2, 0.25) is 0 Å². The van der Waals surface area contributed by atoms with Crippen molar-refractivity contribution in [2.24, 2.45) is 5.73 Å². The van der Waals surface area contributed by atoms with Gasteiger partial charge in [0.15, 0.2) is 0 Å². The van der Waals surface area contributed by atoms with Crippen LogP contribution in [-0.4, -0.2) is 0 Å². The van der Waals surface area contributed by atoms with Crippen molar-refractivity contribution in [3.63, 3.8) is 0 Å². The normalized spacial score (nSPS) is 10.7. The highest BCUT2D eigenvalue weighted by Crippen LogP contribution is 2.27. The Morgan fingerprint density at radius 1 is 1.06 bits per heavy atom. The predicted octanol–water partition coefficient (Wildman–Crippen LogP) is 4.01. The Labute approximate surface area is 109 Å².